The van der Waals surface area contributed by atoms with Gasteiger partial charge in [0.15, 0.2) is 0 Å². The molecule has 0 saturated carbocycles. The van der Waals surface area contributed by atoms with Crippen LogP contribution in [0, 0.1) is 0 Å². The molecule has 0 aromatic heterocycles. The molecule has 3 N–H and O–H groups in total. The van der Waals surface area contributed by atoms with Gasteiger partial charge < -0.3 is 10.5 Å². The van der Waals surface area contributed by atoms with Gasteiger partial charge in [0.25, 0.3) is 0 Å². The maximum Gasteiger partial charge on any atom is 0.241 e. The molecule has 0 heterocycles. The summed E-state index contributed by atoms with van der Waals surface area (Å²) in [7, 11) is -2.06. The summed E-state index contributed by atoms with van der Waals surface area (Å²) in [4.78, 5) is 0.181. The molecule has 0 spiro atoms. The van der Waals surface area contributed by atoms with Crippen LogP contribution in [0.25, 0.3) is 0 Å². The molecule has 112 valence electrons. The van der Waals surface area contributed by atoms with Crippen molar-refractivity contribution in [1.29, 1.82) is 0 Å². The maximum absolute atomic E-state index is 12.2. The number of nitrogens with one attached hydrogen (secondary N) is 1. The van der Waals surface area contributed by atoms with Crippen LogP contribution in [0.15, 0.2) is 53.4 Å². The van der Waals surface area contributed by atoms with Crippen LogP contribution >= 0.6 is 0 Å². The van der Waals surface area contributed by atoms with Crippen LogP contribution in [0.2, 0.25) is 0 Å². The van der Waals surface area contributed by atoms with Crippen molar-refractivity contribution in [2.75, 3.05) is 7.11 Å². The van der Waals surface area contributed by atoms with E-state index < -0.39 is 10.0 Å². The fourth-order valence-electron chi connectivity index (χ4n) is 1.82. The second kappa shape index (κ2) is 6.71. The van der Waals surface area contributed by atoms with Gasteiger partial charge in [0.2, 0.25) is 10.0 Å². The van der Waals surface area contributed by atoms with E-state index in [1.165, 1.54) is 19.2 Å². The third kappa shape index (κ3) is 4.04. The number of hydrogen-bond donors (Lipinski definition) is 2. The van der Waals surface area contributed by atoms with Gasteiger partial charge in [-0.15, -0.1) is 0 Å². The van der Waals surface area contributed by atoms with Crippen molar-refractivity contribution in [2.45, 2.75) is 18.0 Å². The summed E-state index contributed by atoms with van der Waals surface area (Å²) in [6, 6.07) is 13.8. The molecule has 0 atom stereocenters. The zero-order chi connectivity index (χ0) is 15.3. The first-order valence-corrected chi connectivity index (χ1v) is 7.95. The first-order chi connectivity index (χ1) is 10.0. The van der Waals surface area contributed by atoms with E-state index in [4.69, 9.17) is 10.5 Å². The largest absolute Gasteiger partial charge is 0.497 e. The summed E-state index contributed by atoms with van der Waals surface area (Å²) in [5.74, 6) is 0.505. The second-order valence-electron chi connectivity index (χ2n) is 4.52. The van der Waals surface area contributed by atoms with Gasteiger partial charge in [-0.05, 0) is 23.3 Å². The molecular formula is C15H18N2O3S. The highest BCUT2D eigenvalue weighted by molar-refractivity contribution is 7.89. The molecule has 0 radical (unpaired) electrons. The van der Waals surface area contributed by atoms with Crippen molar-refractivity contribution in [2.24, 2.45) is 5.73 Å². The fraction of sp³-hybridized carbons (Fsp3) is 0.200. The fourth-order valence-corrected chi connectivity index (χ4v) is 2.88. The average molecular weight is 306 g/mol. The molecule has 2 aromatic carbocycles. The van der Waals surface area contributed by atoms with Crippen molar-refractivity contribution < 1.29 is 13.2 Å². The Hall–Kier alpha value is -1.89. The Morgan fingerprint density at radius 1 is 1.10 bits per heavy atom. The lowest BCUT2D eigenvalue weighted by molar-refractivity contribution is 0.413. The summed E-state index contributed by atoms with van der Waals surface area (Å²) in [5, 5.41) is 0. The highest BCUT2D eigenvalue weighted by Crippen LogP contribution is 2.17. The SMILES string of the molecule is COc1cccc(S(=O)(=O)NCc2ccc(CN)cc2)c1. The summed E-state index contributed by atoms with van der Waals surface area (Å²) in [5.41, 5.74) is 7.41. The average Bonchev–Trinajstić information content (AvgIpc) is 2.53. The molecule has 2 rings (SSSR count). The van der Waals surface area contributed by atoms with Crippen LogP contribution in [-0.4, -0.2) is 15.5 Å². The summed E-state index contributed by atoms with van der Waals surface area (Å²) in [6.45, 7) is 0.695. The molecule has 6 heteroatoms. The van der Waals surface area contributed by atoms with Crippen molar-refractivity contribution >= 4 is 10.0 Å². The quantitative estimate of drug-likeness (QED) is 0.850. The summed E-state index contributed by atoms with van der Waals surface area (Å²) < 4.78 is 32.0. The summed E-state index contributed by atoms with van der Waals surface area (Å²) in [6.07, 6.45) is 0. The predicted molar refractivity (Wildman–Crippen MR) is 81.4 cm³/mol. The Balaban J connectivity index is 2.09. The minimum Gasteiger partial charge on any atom is -0.497 e. The minimum atomic E-state index is -3.56. The van der Waals surface area contributed by atoms with Crippen LogP contribution in [0.1, 0.15) is 11.1 Å². The first-order valence-electron chi connectivity index (χ1n) is 6.47. The normalized spacial score (nSPS) is 11.3. The van der Waals surface area contributed by atoms with Gasteiger partial charge in [-0.25, -0.2) is 13.1 Å². The number of nitrogens with two attached hydrogens (primary N) is 1. The number of methoxy groups -OCH3 is 1. The molecule has 0 fully saturated rings. The Labute approximate surface area is 124 Å². The predicted octanol–water partition coefficient (Wildman–Crippen LogP) is 1.63. The standard InChI is InChI=1S/C15H18N2O3S/c1-20-14-3-2-4-15(9-14)21(18,19)17-11-13-7-5-12(10-16)6-8-13/h2-9,17H,10-11,16H2,1H3. The van der Waals surface area contributed by atoms with E-state index in [0.717, 1.165) is 11.1 Å². The molecule has 2 aromatic rings. The smallest absolute Gasteiger partial charge is 0.241 e. The number of benzene rings is 2. The molecule has 0 amide bonds. The molecule has 21 heavy (non-hydrogen) atoms. The van der Waals surface area contributed by atoms with Crippen LogP contribution in [-0.2, 0) is 23.1 Å². The lowest BCUT2D eigenvalue weighted by Crippen LogP contribution is -2.23. The highest BCUT2D eigenvalue weighted by Gasteiger charge is 2.14. The minimum absolute atomic E-state index is 0.181. The lowest BCUT2D eigenvalue weighted by atomic mass is 10.1. The Morgan fingerprint density at radius 2 is 1.76 bits per heavy atom. The first kappa shape index (κ1) is 15.5. The van der Waals surface area contributed by atoms with Gasteiger partial charge in [0.1, 0.15) is 5.75 Å². The van der Waals surface area contributed by atoms with Crippen molar-refractivity contribution in [3.8, 4) is 5.75 Å². The molecule has 0 bridgehead atoms. The van der Waals surface area contributed by atoms with Crippen LogP contribution in [0.4, 0.5) is 0 Å². The topological polar surface area (TPSA) is 81.4 Å². The Kier molecular flexibility index (Phi) is 4.95. The zero-order valence-corrected chi connectivity index (χ0v) is 12.6. The van der Waals surface area contributed by atoms with Crippen LogP contribution < -0.4 is 15.2 Å². The third-order valence-electron chi connectivity index (χ3n) is 3.08. The van der Waals surface area contributed by atoms with E-state index in [9.17, 15) is 8.42 Å². The van der Waals surface area contributed by atoms with Gasteiger partial charge in [-0.2, -0.15) is 0 Å². The highest BCUT2D eigenvalue weighted by atomic mass is 32.2. The van der Waals surface area contributed by atoms with Gasteiger partial charge in [0.05, 0.1) is 12.0 Å². The van der Waals surface area contributed by atoms with Crippen LogP contribution in [0.5, 0.6) is 5.75 Å². The second-order valence-corrected chi connectivity index (χ2v) is 6.29. The molecular weight excluding hydrogens is 288 g/mol. The number of ether oxygens (including phenoxy) is 1. The molecule has 0 aliphatic rings. The van der Waals surface area contributed by atoms with Crippen LogP contribution in [0.3, 0.4) is 0 Å². The van der Waals surface area contributed by atoms with Gasteiger partial charge in [0, 0.05) is 19.2 Å². The van der Waals surface area contributed by atoms with Gasteiger partial charge in [-0.3, -0.25) is 0 Å². The molecule has 0 unspecified atom stereocenters. The number of sulfonamides is 1. The zero-order valence-electron chi connectivity index (χ0n) is 11.7. The molecule has 0 saturated heterocycles. The van der Waals surface area contributed by atoms with E-state index in [-0.39, 0.29) is 11.4 Å². The third-order valence-corrected chi connectivity index (χ3v) is 4.48. The molecule has 0 aliphatic heterocycles. The monoisotopic (exact) mass is 306 g/mol. The van der Waals surface area contributed by atoms with Crippen molar-refractivity contribution in [1.82, 2.24) is 4.72 Å². The lowest BCUT2D eigenvalue weighted by Gasteiger charge is -2.08. The van der Waals surface area contributed by atoms with E-state index in [2.05, 4.69) is 4.72 Å². The number of rotatable bonds is 6. The Bertz CT molecular complexity index is 697. The molecule has 0 aliphatic carbocycles. The van der Waals surface area contributed by atoms with Crippen molar-refractivity contribution in [3.63, 3.8) is 0 Å². The van der Waals surface area contributed by atoms with E-state index >= 15 is 0 Å². The summed E-state index contributed by atoms with van der Waals surface area (Å²) >= 11 is 0. The van der Waals surface area contributed by atoms with E-state index in [1.807, 2.05) is 24.3 Å². The van der Waals surface area contributed by atoms with Gasteiger partial charge in [-0.1, -0.05) is 30.3 Å². The Morgan fingerprint density at radius 3 is 2.38 bits per heavy atom. The van der Waals surface area contributed by atoms with Gasteiger partial charge >= 0.3 is 0 Å². The molecule has 5 nitrogen and oxygen atoms in total. The van der Waals surface area contributed by atoms with E-state index in [0.29, 0.717) is 12.3 Å². The number of hydrogen-bond acceptors (Lipinski definition) is 4. The van der Waals surface area contributed by atoms with Crippen molar-refractivity contribution in [3.05, 3.63) is 59.7 Å². The van der Waals surface area contributed by atoms with E-state index in [1.54, 1.807) is 12.1 Å². The maximum atomic E-state index is 12.2.